The van der Waals surface area contributed by atoms with Crippen LogP contribution in [0.5, 0.6) is 11.5 Å². The third-order valence-electron chi connectivity index (χ3n) is 4.49. The van der Waals surface area contributed by atoms with Crippen molar-refractivity contribution in [3.63, 3.8) is 0 Å². The number of hydrogen-bond donors (Lipinski definition) is 1. The standard InChI is InChI=1S/C19H25F3N2O4/c1-4-27-15-9-8-13(11-16(15)28-5-2)12(3)23-17(25)14-7-6-10-24(14)18(26)19(20,21)22/h8-9,11-12,14H,4-7,10H2,1-3H3,(H,23,25). The van der Waals surface area contributed by atoms with E-state index < -0.39 is 30.1 Å². The number of halogens is 3. The summed E-state index contributed by atoms with van der Waals surface area (Å²) in [5.41, 5.74) is 0.715. The van der Waals surface area contributed by atoms with Crippen LogP contribution in [0.3, 0.4) is 0 Å². The van der Waals surface area contributed by atoms with Crippen LogP contribution in [0.4, 0.5) is 13.2 Å². The van der Waals surface area contributed by atoms with Crippen LogP contribution < -0.4 is 14.8 Å². The summed E-state index contributed by atoms with van der Waals surface area (Å²) in [6, 6.07) is 3.61. The molecule has 0 aliphatic carbocycles. The Morgan fingerprint density at radius 1 is 1.21 bits per heavy atom. The van der Waals surface area contributed by atoms with Gasteiger partial charge in [-0.05, 0) is 51.3 Å². The van der Waals surface area contributed by atoms with Gasteiger partial charge in [0.15, 0.2) is 11.5 Å². The molecule has 1 fully saturated rings. The number of hydrogen-bond acceptors (Lipinski definition) is 4. The summed E-state index contributed by atoms with van der Waals surface area (Å²) in [5, 5.41) is 2.70. The lowest BCUT2D eigenvalue weighted by molar-refractivity contribution is -0.186. The van der Waals surface area contributed by atoms with Gasteiger partial charge in [-0.15, -0.1) is 0 Å². The second-order valence-corrected chi connectivity index (χ2v) is 6.46. The molecule has 2 rings (SSSR count). The summed E-state index contributed by atoms with van der Waals surface area (Å²) in [6.07, 6.45) is -4.43. The molecule has 1 aliphatic rings. The summed E-state index contributed by atoms with van der Waals surface area (Å²) >= 11 is 0. The summed E-state index contributed by atoms with van der Waals surface area (Å²) in [6.45, 7) is 6.22. The maximum absolute atomic E-state index is 12.7. The first-order valence-electron chi connectivity index (χ1n) is 9.26. The first-order chi connectivity index (χ1) is 13.2. The zero-order valence-corrected chi connectivity index (χ0v) is 16.1. The van der Waals surface area contributed by atoms with Gasteiger partial charge in [-0.3, -0.25) is 9.59 Å². The van der Waals surface area contributed by atoms with Gasteiger partial charge in [0.05, 0.1) is 19.3 Å². The number of nitrogens with zero attached hydrogens (tertiary/aromatic N) is 1. The summed E-state index contributed by atoms with van der Waals surface area (Å²) in [5.74, 6) is -1.48. The van der Waals surface area contributed by atoms with E-state index in [9.17, 15) is 22.8 Å². The lowest BCUT2D eigenvalue weighted by Gasteiger charge is -2.26. The average Bonchev–Trinajstić information content (AvgIpc) is 3.11. The van der Waals surface area contributed by atoms with Crippen LogP contribution in [0.2, 0.25) is 0 Å². The van der Waals surface area contributed by atoms with Crippen molar-refractivity contribution in [2.75, 3.05) is 19.8 Å². The molecule has 2 amide bonds. The molecule has 0 bridgehead atoms. The molecule has 2 atom stereocenters. The predicted octanol–water partition coefficient (Wildman–Crippen LogP) is 3.21. The third kappa shape index (κ3) is 5.08. The summed E-state index contributed by atoms with van der Waals surface area (Å²) < 4.78 is 49.3. The van der Waals surface area contributed by atoms with Crippen LogP contribution in [-0.2, 0) is 9.59 Å². The number of carbonyl (C=O) groups is 2. The topological polar surface area (TPSA) is 67.9 Å². The molecular formula is C19H25F3N2O4. The summed E-state index contributed by atoms with van der Waals surface area (Å²) in [7, 11) is 0. The highest BCUT2D eigenvalue weighted by Crippen LogP contribution is 2.31. The molecule has 0 radical (unpaired) electrons. The second kappa shape index (κ2) is 9.16. The second-order valence-electron chi connectivity index (χ2n) is 6.46. The Morgan fingerprint density at radius 3 is 2.46 bits per heavy atom. The maximum atomic E-state index is 12.7. The van der Waals surface area contributed by atoms with Gasteiger partial charge in [0, 0.05) is 6.54 Å². The molecule has 1 N–H and O–H groups in total. The van der Waals surface area contributed by atoms with E-state index in [-0.39, 0.29) is 13.0 Å². The Morgan fingerprint density at radius 2 is 1.86 bits per heavy atom. The zero-order valence-electron chi connectivity index (χ0n) is 16.1. The zero-order chi connectivity index (χ0) is 20.9. The molecule has 28 heavy (non-hydrogen) atoms. The smallest absolute Gasteiger partial charge is 0.471 e. The normalized spacial score (nSPS) is 17.9. The van der Waals surface area contributed by atoms with E-state index >= 15 is 0 Å². The first kappa shape index (κ1) is 21.8. The van der Waals surface area contributed by atoms with E-state index in [0.717, 1.165) is 0 Å². The molecule has 6 nitrogen and oxygen atoms in total. The molecular weight excluding hydrogens is 377 g/mol. The minimum atomic E-state index is -4.99. The number of nitrogens with one attached hydrogen (secondary N) is 1. The van der Waals surface area contributed by atoms with Crippen LogP contribution in [0.15, 0.2) is 18.2 Å². The molecule has 9 heteroatoms. The molecule has 1 saturated heterocycles. The number of amides is 2. The minimum absolute atomic E-state index is 0.0810. The van der Waals surface area contributed by atoms with E-state index in [0.29, 0.717) is 41.6 Å². The van der Waals surface area contributed by atoms with E-state index in [1.807, 2.05) is 13.8 Å². The molecule has 1 aromatic carbocycles. The Bertz CT molecular complexity index is 709. The molecule has 1 aliphatic heterocycles. The SMILES string of the molecule is CCOc1ccc(C(C)NC(=O)C2CCCN2C(=O)C(F)(F)F)cc1OCC. The predicted molar refractivity (Wildman–Crippen MR) is 96.1 cm³/mol. The largest absolute Gasteiger partial charge is 0.490 e. The third-order valence-corrected chi connectivity index (χ3v) is 4.49. The molecule has 0 saturated carbocycles. The first-order valence-corrected chi connectivity index (χ1v) is 9.26. The van der Waals surface area contributed by atoms with E-state index in [4.69, 9.17) is 9.47 Å². The molecule has 156 valence electrons. The van der Waals surface area contributed by atoms with Crippen molar-refractivity contribution in [2.45, 2.75) is 51.9 Å². The average molecular weight is 402 g/mol. The maximum Gasteiger partial charge on any atom is 0.471 e. The van der Waals surface area contributed by atoms with Crippen LogP contribution in [0, 0.1) is 0 Å². The lowest BCUT2D eigenvalue weighted by atomic mass is 10.1. The van der Waals surface area contributed by atoms with E-state index in [2.05, 4.69) is 5.32 Å². The highest BCUT2D eigenvalue weighted by molar-refractivity contribution is 5.90. The van der Waals surface area contributed by atoms with Crippen molar-refractivity contribution in [3.8, 4) is 11.5 Å². The van der Waals surface area contributed by atoms with Gasteiger partial charge < -0.3 is 19.7 Å². The van der Waals surface area contributed by atoms with Gasteiger partial charge >= 0.3 is 12.1 Å². The number of rotatable bonds is 7. The monoisotopic (exact) mass is 402 g/mol. The molecule has 2 unspecified atom stereocenters. The van der Waals surface area contributed by atoms with Gasteiger partial charge in [-0.25, -0.2) is 0 Å². The number of ether oxygens (including phenoxy) is 2. The van der Waals surface area contributed by atoms with Crippen LogP contribution in [0.1, 0.15) is 45.2 Å². The Kier molecular flexibility index (Phi) is 7.15. The van der Waals surface area contributed by atoms with Crippen molar-refractivity contribution in [1.29, 1.82) is 0 Å². The fourth-order valence-corrected chi connectivity index (χ4v) is 3.18. The van der Waals surface area contributed by atoms with Crippen molar-refractivity contribution in [1.82, 2.24) is 10.2 Å². The van der Waals surface area contributed by atoms with E-state index in [1.54, 1.807) is 25.1 Å². The number of likely N-dealkylation sites (tertiary alicyclic amines) is 1. The quantitative estimate of drug-likeness (QED) is 0.761. The Balaban J connectivity index is 2.11. The van der Waals surface area contributed by atoms with Crippen molar-refractivity contribution in [3.05, 3.63) is 23.8 Å². The van der Waals surface area contributed by atoms with Crippen LogP contribution in [-0.4, -0.2) is 48.7 Å². The molecule has 1 aromatic rings. The Labute approximate surface area is 162 Å². The highest BCUT2D eigenvalue weighted by Gasteiger charge is 2.47. The van der Waals surface area contributed by atoms with Crippen molar-refractivity contribution < 1.29 is 32.2 Å². The van der Waals surface area contributed by atoms with Gasteiger partial charge in [-0.1, -0.05) is 6.07 Å². The lowest BCUT2D eigenvalue weighted by Crippen LogP contribution is -2.50. The fraction of sp³-hybridized carbons (Fsp3) is 0.579. The number of benzene rings is 1. The van der Waals surface area contributed by atoms with Crippen LogP contribution in [0.25, 0.3) is 0 Å². The molecule has 0 spiro atoms. The molecule has 1 heterocycles. The van der Waals surface area contributed by atoms with Crippen molar-refractivity contribution >= 4 is 11.8 Å². The van der Waals surface area contributed by atoms with Crippen LogP contribution >= 0.6 is 0 Å². The van der Waals surface area contributed by atoms with Crippen molar-refractivity contribution in [2.24, 2.45) is 0 Å². The van der Waals surface area contributed by atoms with Gasteiger partial charge in [-0.2, -0.15) is 13.2 Å². The van der Waals surface area contributed by atoms with Gasteiger partial charge in [0.1, 0.15) is 6.04 Å². The van der Waals surface area contributed by atoms with E-state index in [1.165, 1.54) is 0 Å². The highest BCUT2D eigenvalue weighted by atomic mass is 19.4. The van der Waals surface area contributed by atoms with Gasteiger partial charge in [0.2, 0.25) is 5.91 Å². The number of carbonyl (C=O) groups excluding carboxylic acids is 2. The fourth-order valence-electron chi connectivity index (χ4n) is 3.18. The Hall–Kier alpha value is -2.45. The van der Waals surface area contributed by atoms with Gasteiger partial charge in [0.25, 0.3) is 0 Å². The molecule has 0 aromatic heterocycles. The minimum Gasteiger partial charge on any atom is -0.490 e. The summed E-state index contributed by atoms with van der Waals surface area (Å²) in [4.78, 5) is 24.7. The number of alkyl halides is 3.